The Morgan fingerprint density at radius 2 is 2.10 bits per heavy atom. The quantitative estimate of drug-likeness (QED) is 0.795. The zero-order valence-electron chi connectivity index (χ0n) is 11.4. The molecule has 3 rings (SSSR count). The molecule has 2 aliphatic carbocycles. The second-order valence-corrected chi connectivity index (χ2v) is 6.39. The van der Waals surface area contributed by atoms with Gasteiger partial charge in [-0.2, -0.15) is 5.26 Å². The molecule has 5 heteroatoms. The molecule has 0 bridgehead atoms. The molecule has 1 saturated heterocycles. The molecule has 0 aromatic heterocycles. The Labute approximate surface area is 118 Å². The fourth-order valence-corrected chi connectivity index (χ4v) is 4.00. The van der Waals surface area contributed by atoms with Crippen LogP contribution in [0, 0.1) is 22.7 Å². The molecule has 2 saturated carbocycles. The minimum atomic E-state index is -1.15. The highest BCUT2D eigenvalue weighted by atomic mass is 19.1. The Morgan fingerprint density at radius 3 is 2.65 bits per heavy atom. The fourth-order valence-electron chi connectivity index (χ4n) is 4.00. The normalized spacial score (nSPS) is 35.2. The summed E-state index contributed by atoms with van der Waals surface area (Å²) in [6.45, 7) is 3.39. The van der Waals surface area contributed by atoms with Gasteiger partial charge in [0.15, 0.2) is 0 Å². The topological polar surface area (TPSA) is 67.9 Å². The van der Waals surface area contributed by atoms with Crippen molar-refractivity contribution in [1.29, 1.82) is 5.26 Å². The molecule has 0 aromatic carbocycles. The van der Waals surface area contributed by atoms with Crippen LogP contribution in [0.5, 0.6) is 0 Å². The Morgan fingerprint density at radius 1 is 1.45 bits per heavy atom. The summed E-state index contributed by atoms with van der Waals surface area (Å²) in [6.07, 6.45) is 4.34. The number of likely N-dealkylation sites (tertiary alicyclic amines) is 1. The summed E-state index contributed by atoms with van der Waals surface area (Å²) >= 11 is 0. The number of halogens is 1. The maximum Gasteiger partial charge on any atom is 0.207 e. The van der Waals surface area contributed by atoms with E-state index in [1.165, 1.54) is 0 Å². The van der Waals surface area contributed by atoms with Crippen molar-refractivity contribution in [2.75, 3.05) is 0 Å². The van der Waals surface area contributed by atoms with E-state index in [4.69, 9.17) is 11.0 Å². The van der Waals surface area contributed by atoms with Crippen LogP contribution >= 0.6 is 0 Å². The van der Waals surface area contributed by atoms with Gasteiger partial charge in [0.05, 0.1) is 11.9 Å². The third kappa shape index (κ3) is 1.78. The van der Waals surface area contributed by atoms with Crippen molar-refractivity contribution in [2.24, 2.45) is 11.3 Å². The third-order valence-corrected chi connectivity index (χ3v) is 5.34. The first-order valence-corrected chi connectivity index (χ1v) is 7.29. The minimum absolute atomic E-state index is 0.117. The predicted molar refractivity (Wildman–Crippen MR) is 72.0 cm³/mol. The Kier molecular flexibility index (Phi) is 3.09. The number of piperidine rings is 1. The summed E-state index contributed by atoms with van der Waals surface area (Å²) in [5.41, 5.74) is 7.27. The molecule has 3 fully saturated rings. The van der Waals surface area contributed by atoms with Crippen molar-refractivity contribution >= 4 is 5.91 Å². The van der Waals surface area contributed by atoms with Crippen LogP contribution < -0.4 is 0 Å². The van der Waals surface area contributed by atoms with Gasteiger partial charge in [-0.25, -0.2) is 4.39 Å². The SMILES string of the molecule is C=C(F)C1(C([NH-])C(=O)N2C(C#N)CC3CC32)CCCC1. The zero-order valence-corrected chi connectivity index (χ0v) is 11.4. The van der Waals surface area contributed by atoms with Crippen molar-refractivity contribution in [2.45, 2.75) is 56.7 Å². The molecule has 20 heavy (non-hydrogen) atoms. The van der Waals surface area contributed by atoms with E-state index in [9.17, 15) is 9.18 Å². The summed E-state index contributed by atoms with van der Waals surface area (Å²) in [4.78, 5) is 14.2. The molecule has 0 spiro atoms. The highest BCUT2D eigenvalue weighted by Gasteiger charge is 2.55. The van der Waals surface area contributed by atoms with Crippen LogP contribution in [0.3, 0.4) is 0 Å². The number of rotatable bonds is 3. The van der Waals surface area contributed by atoms with E-state index in [0.717, 1.165) is 19.3 Å². The van der Waals surface area contributed by atoms with Crippen LogP contribution in [0.4, 0.5) is 4.39 Å². The number of hydrogen-bond acceptors (Lipinski definition) is 2. The molecule has 1 N–H and O–H groups in total. The number of amides is 1. The van der Waals surface area contributed by atoms with Crippen molar-refractivity contribution in [3.63, 3.8) is 0 Å². The lowest BCUT2D eigenvalue weighted by Gasteiger charge is -2.41. The van der Waals surface area contributed by atoms with Crippen LogP contribution in [-0.2, 0) is 4.79 Å². The number of carbonyl (C=O) groups excluding carboxylic acids is 1. The maximum atomic E-state index is 13.9. The largest absolute Gasteiger partial charge is 0.666 e. The maximum absolute atomic E-state index is 13.9. The van der Waals surface area contributed by atoms with Gasteiger partial charge in [-0.15, -0.1) is 0 Å². The van der Waals surface area contributed by atoms with Gasteiger partial charge in [-0.05, 0) is 37.6 Å². The van der Waals surface area contributed by atoms with Crippen LogP contribution in [0.15, 0.2) is 12.4 Å². The van der Waals surface area contributed by atoms with Gasteiger partial charge < -0.3 is 10.6 Å². The van der Waals surface area contributed by atoms with Crippen LogP contribution in [0.1, 0.15) is 38.5 Å². The van der Waals surface area contributed by atoms with Gasteiger partial charge in [0, 0.05) is 11.5 Å². The lowest BCUT2D eigenvalue weighted by molar-refractivity contribution is -0.135. The molecule has 3 aliphatic rings. The van der Waals surface area contributed by atoms with E-state index in [1.807, 2.05) is 0 Å². The van der Waals surface area contributed by atoms with E-state index in [2.05, 4.69) is 12.6 Å². The monoisotopic (exact) mass is 276 g/mol. The molecule has 108 valence electrons. The van der Waals surface area contributed by atoms with E-state index < -0.39 is 23.3 Å². The summed E-state index contributed by atoms with van der Waals surface area (Å²) < 4.78 is 13.9. The Hall–Kier alpha value is -1.41. The summed E-state index contributed by atoms with van der Waals surface area (Å²) in [7, 11) is 0. The smallest absolute Gasteiger partial charge is 0.207 e. The van der Waals surface area contributed by atoms with Gasteiger partial charge in [0.1, 0.15) is 6.04 Å². The van der Waals surface area contributed by atoms with Gasteiger partial charge in [0.25, 0.3) is 0 Å². The molecule has 0 aromatic rings. The number of carbonyl (C=O) groups is 1. The van der Waals surface area contributed by atoms with Crippen molar-refractivity contribution in [3.8, 4) is 6.07 Å². The number of nitriles is 1. The highest BCUT2D eigenvalue weighted by Crippen LogP contribution is 2.52. The van der Waals surface area contributed by atoms with Gasteiger partial charge >= 0.3 is 0 Å². The molecular formula is C15H19FN3O-. The molecule has 4 unspecified atom stereocenters. The molecule has 4 nitrogen and oxygen atoms in total. The van der Waals surface area contributed by atoms with Crippen molar-refractivity contribution < 1.29 is 9.18 Å². The standard InChI is InChI=1S/C15H19FN3O/c1-9(16)15(4-2-3-5-15)13(18)14(20)19-11(8-17)6-10-7-12(10)19/h10-13,18H,1-7H2/q-1. The second-order valence-electron chi connectivity index (χ2n) is 6.39. The molecule has 1 heterocycles. The Bertz CT molecular complexity index is 492. The fraction of sp³-hybridized carbons (Fsp3) is 0.733. The van der Waals surface area contributed by atoms with E-state index in [1.54, 1.807) is 4.90 Å². The van der Waals surface area contributed by atoms with E-state index >= 15 is 0 Å². The second kappa shape index (κ2) is 4.56. The lowest BCUT2D eigenvalue weighted by Crippen LogP contribution is -2.48. The van der Waals surface area contributed by atoms with Gasteiger partial charge in [-0.1, -0.05) is 19.4 Å². The third-order valence-electron chi connectivity index (χ3n) is 5.34. The average Bonchev–Trinajstić information content (AvgIpc) is 2.91. The highest BCUT2D eigenvalue weighted by molar-refractivity contribution is 5.86. The first kappa shape index (κ1) is 13.6. The number of fused-ring (bicyclic) bond motifs is 1. The van der Waals surface area contributed by atoms with Gasteiger partial charge in [0.2, 0.25) is 5.91 Å². The Balaban J connectivity index is 1.83. The van der Waals surface area contributed by atoms with Crippen LogP contribution in [0.25, 0.3) is 5.73 Å². The molecule has 1 aliphatic heterocycles. The summed E-state index contributed by atoms with van der Waals surface area (Å²) in [6, 6.07) is 0.685. The predicted octanol–water partition coefficient (Wildman–Crippen LogP) is 2.96. The zero-order chi connectivity index (χ0) is 14.5. The number of hydrogen-bond donors (Lipinski definition) is 0. The summed E-state index contributed by atoms with van der Waals surface area (Å²) in [5, 5.41) is 9.15. The first-order valence-electron chi connectivity index (χ1n) is 7.29. The lowest BCUT2D eigenvalue weighted by atomic mass is 9.77. The van der Waals surface area contributed by atoms with E-state index in [0.29, 0.717) is 25.2 Å². The van der Waals surface area contributed by atoms with Crippen LogP contribution in [-0.4, -0.2) is 28.9 Å². The molecule has 0 radical (unpaired) electrons. The van der Waals surface area contributed by atoms with Crippen molar-refractivity contribution in [3.05, 3.63) is 18.1 Å². The first-order chi connectivity index (χ1) is 9.51. The van der Waals surface area contributed by atoms with Crippen molar-refractivity contribution in [1.82, 2.24) is 4.90 Å². The number of nitrogens with zero attached hydrogens (tertiary/aromatic N) is 2. The minimum Gasteiger partial charge on any atom is -0.666 e. The van der Waals surface area contributed by atoms with Crippen LogP contribution in [0.2, 0.25) is 0 Å². The average molecular weight is 276 g/mol. The van der Waals surface area contributed by atoms with Gasteiger partial charge in [-0.3, -0.25) is 4.79 Å². The molecule has 1 amide bonds. The molecular weight excluding hydrogens is 257 g/mol. The van der Waals surface area contributed by atoms with E-state index in [-0.39, 0.29) is 11.9 Å². The summed E-state index contributed by atoms with van der Waals surface area (Å²) in [5.74, 6) is -0.491. The molecule has 4 atom stereocenters. The number of nitrogens with one attached hydrogen (secondary N) is 1.